The number of ketones is 1. The molecule has 0 aromatic heterocycles. The van der Waals surface area contributed by atoms with E-state index in [1.807, 2.05) is 31.2 Å². The average molecular weight is 235 g/mol. The molecule has 1 aromatic rings. The average Bonchev–Trinajstić information content (AvgIpc) is 2.38. The first-order valence-corrected chi connectivity index (χ1v) is 6.14. The molecule has 0 aliphatic carbocycles. The van der Waals surface area contributed by atoms with E-state index in [9.17, 15) is 4.79 Å². The molecule has 0 atom stereocenters. The van der Waals surface area contributed by atoms with Gasteiger partial charge in [-0.15, -0.1) is 0 Å². The summed E-state index contributed by atoms with van der Waals surface area (Å²) < 4.78 is 4.98. The molecule has 1 aromatic carbocycles. The summed E-state index contributed by atoms with van der Waals surface area (Å²) in [6, 6.07) is 7.67. The highest BCUT2D eigenvalue weighted by Crippen LogP contribution is 2.11. The predicted molar refractivity (Wildman–Crippen MR) is 70.7 cm³/mol. The van der Waals surface area contributed by atoms with Gasteiger partial charge in [0.1, 0.15) is 0 Å². The third kappa shape index (κ3) is 5.00. The van der Waals surface area contributed by atoms with Crippen molar-refractivity contribution in [2.24, 2.45) is 0 Å². The van der Waals surface area contributed by atoms with Gasteiger partial charge in [-0.2, -0.15) is 0 Å². The van der Waals surface area contributed by atoms with Gasteiger partial charge in [0.2, 0.25) is 0 Å². The van der Waals surface area contributed by atoms with Crippen molar-refractivity contribution < 1.29 is 9.53 Å². The van der Waals surface area contributed by atoms with Gasteiger partial charge in [-0.3, -0.25) is 4.79 Å². The number of benzene rings is 1. The van der Waals surface area contributed by atoms with E-state index in [4.69, 9.17) is 4.74 Å². The number of rotatable bonds is 8. The van der Waals surface area contributed by atoms with Gasteiger partial charge in [0.05, 0.1) is 0 Å². The van der Waals surface area contributed by atoms with E-state index in [0.717, 1.165) is 37.2 Å². The van der Waals surface area contributed by atoms with E-state index < -0.39 is 0 Å². The molecule has 3 nitrogen and oxygen atoms in total. The molecule has 0 spiro atoms. The van der Waals surface area contributed by atoms with Crippen LogP contribution in [0.3, 0.4) is 0 Å². The minimum Gasteiger partial charge on any atom is -0.385 e. The highest BCUT2D eigenvalue weighted by molar-refractivity contribution is 5.96. The summed E-state index contributed by atoms with van der Waals surface area (Å²) in [6.45, 7) is 3.63. The van der Waals surface area contributed by atoms with Crippen LogP contribution in [0.25, 0.3) is 0 Å². The van der Waals surface area contributed by atoms with Crippen LogP contribution in [0.15, 0.2) is 24.3 Å². The maximum absolute atomic E-state index is 11.4. The Balaban J connectivity index is 2.33. The van der Waals surface area contributed by atoms with Crippen molar-refractivity contribution in [3.05, 3.63) is 29.8 Å². The van der Waals surface area contributed by atoms with Gasteiger partial charge >= 0.3 is 0 Å². The smallest absolute Gasteiger partial charge is 0.162 e. The second kappa shape index (κ2) is 7.85. The highest BCUT2D eigenvalue weighted by atomic mass is 16.5. The Bertz CT molecular complexity index is 333. The molecule has 0 heterocycles. The zero-order valence-electron chi connectivity index (χ0n) is 10.7. The van der Waals surface area contributed by atoms with Crippen molar-refractivity contribution in [3.8, 4) is 0 Å². The lowest BCUT2D eigenvalue weighted by molar-refractivity contribution is 0.0988. The number of ether oxygens (including phenoxy) is 1. The van der Waals surface area contributed by atoms with E-state index in [1.165, 1.54) is 0 Å². The van der Waals surface area contributed by atoms with Crippen LogP contribution >= 0.6 is 0 Å². The summed E-state index contributed by atoms with van der Waals surface area (Å²) in [5.74, 6) is 0.191. The van der Waals surface area contributed by atoms with E-state index in [0.29, 0.717) is 6.42 Å². The van der Waals surface area contributed by atoms with E-state index in [2.05, 4.69) is 5.32 Å². The van der Waals surface area contributed by atoms with Crippen molar-refractivity contribution in [2.45, 2.75) is 26.2 Å². The van der Waals surface area contributed by atoms with Crippen LogP contribution in [-0.2, 0) is 4.74 Å². The van der Waals surface area contributed by atoms with Gasteiger partial charge in [-0.25, -0.2) is 0 Å². The number of carbonyl (C=O) groups is 1. The number of unbranched alkanes of at least 4 members (excludes halogenated alkanes) is 1. The largest absolute Gasteiger partial charge is 0.385 e. The van der Waals surface area contributed by atoms with E-state index >= 15 is 0 Å². The Morgan fingerprint density at radius 3 is 2.53 bits per heavy atom. The number of anilines is 1. The second-order valence-electron chi connectivity index (χ2n) is 3.98. The minimum atomic E-state index is 0.191. The molecule has 1 rings (SSSR count). The van der Waals surface area contributed by atoms with Crippen LogP contribution in [0.1, 0.15) is 36.5 Å². The Hall–Kier alpha value is -1.35. The molecule has 94 valence electrons. The molecule has 0 saturated heterocycles. The van der Waals surface area contributed by atoms with Gasteiger partial charge in [0.25, 0.3) is 0 Å². The number of carbonyl (C=O) groups excluding carboxylic acids is 1. The lowest BCUT2D eigenvalue weighted by Crippen LogP contribution is -2.03. The summed E-state index contributed by atoms with van der Waals surface area (Å²) in [7, 11) is 1.72. The zero-order valence-corrected chi connectivity index (χ0v) is 10.7. The number of Topliss-reactive ketones (excluding diaryl/α,β-unsaturated/α-hetero) is 1. The minimum absolute atomic E-state index is 0.191. The first kappa shape index (κ1) is 13.7. The summed E-state index contributed by atoms with van der Waals surface area (Å²) in [4.78, 5) is 11.4. The topological polar surface area (TPSA) is 38.3 Å². The molecule has 0 aliphatic rings. The van der Waals surface area contributed by atoms with Crippen LogP contribution in [0.2, 0.25) is 0 Å². The SMILES string of the molecule is CCC(=O)c1ccc(NCCCCOC)cc1. The van der Waals surface area contributed by atoms with Crippen molar-refractivity contribution in [3.63, 3.8) is 0 Å². The summed E-state index contributed by atoms with van der Waals surface area (Å²) in [6.07, 6.45) is 2.71. The quantitative estimate of drug-likeness (QED) is 0.555. The fourth-order valence-corrected chi connectivity index (χ4v) is 1.58. The first-order valence-electron chi connectivity index (χ1n) is 6.14. The summed E-state index contributed by atoms with van der Waals surface area (Å²) in [5.41, 5.74) is 1.85. The number of methoxy groups -OCH3 is 1. The van der Waals surface area contributed by atoms with Crippen molar-refractivity contribution in [2.75, 3.05) is 25.6 Å². The molecule has 0 fully saturated rings. The molecule has 0 unspecified atom stereocenters. The highest BCUT2D eigenvalue weighted by Gasteiger charge is 2.01. The third-order valence-electron chi connectivity index (χ3n) is 2.63. The van der Waals surface area contributed by atoms with Crippen LogP contribution in [0.5, 0.6) is 0 Å². The van der Waals surface area contributed by atoms with E-state index in [-0.39, 0.29) is 5.78 Å². The van der Waals surface area contributed by atoms with Crippen molar-refractivity contribution >= 4 is 11.5 Å². The van der Waals surface area contributed by atoms with Gasteiger partial charge < -0.3 is 10.1 Å². The van der Waals surface area contributed by atoms with Crippen LogP contribution in [-0.4, -0.2) is 26.0 Å². The Kier molecular flexibility index (Phi) is 6.33. The van der Waals surface area contributed by atoms with Crippen LogP contribution < -0.4 is 5.32 Å². The zero-order chi connectivity index (χ0) is 12.5. The predicted octanol–water partition coefficient (Wildman–Crippen LogP) is 3.12. The lowest BCUT2D eigenvalue weighted by atomic mass is 10.1. The molecule has 1 N–H and O–H groups in total. The second-order valence-corrected chi connectivity index (χ2v) is 3.98. The molecule has 0 aliphatic heterocycles. The van der Waals surface area contributed by atoms with Gasteiger partial charge in [0.15, 0.2) is 5.78 Å². The standard InChI is InChI=1S/C14H21NO2/c1-3-14(16)12-6-8-13(9-7-12)15-10-4-5-11-17-2/h6-9,15H,3-5,10-11H2,1-2H3. The molecular weight excluding hydrogens is 214 g/mol. The number of hydrogen-bond acceptors (Lipinski definition) is 3. The third-order valence-corrected chi connectivity index (χ3v) is 2.63. The lowest BCUT2D eigenvalue weighted by Gasteiger charge is -2.06. The molecule has 17 heavy (non-hydrogen) atoms. The fraction of sp³-hybridized carbons (Fsp3) is 0.500. The summed E-state index contributed by atoms with van der Waals surface area (Å²) in [5, 5.41) is 3.32. The molecule has 3 heteroatoms. The number of hydrogen-bond donors (Lipinski definition) is 1. The Morgan fingerprint density at radius 1 is 1.24 bits per heavy atom. The monoisotopic (exact) mass is 235 g/mol. The van der Waals surface area contributed by atoms with E-state index in [1.54, 1.807) is 7.11 Å². The van der Waals surface area contributed by atoms with Gasteiger partial charge in [0, 0.05) is 37.9 Å². The molecule has 0 amide bonds. The van der Waals surface area contributed by atoms with Crippen LogP contribution in [0.4, 0.5) is 5.69 Å². The van der Waals surface area contributed by atoms with Crippen LogP contribution in [0, 0.1) is 0 Å². The van der Waals surface area contributed by atoms with Crippen molar-refractivity contribution in [1.29, 1.82) is 0 Å². The first-order chi connectivity index (χ1) is 8.27. The molecule has 0 radical (unpaired) electrons. The number of nitrogens with one attached hydrogen (secondary N) is 1. The fourth-order valence-electron chi connectivity index (χ4n) is 1.58. The van der Waals surface area contributed by atoms with Gasteiger partial charge in [-0.05, 0) is 37.1 Å². The normalized spacial score (nSPS) is 10.2. The molecule has 0 bridgehead atoms. The molecular formula is C14H21NO2. The van der Waals surface area contributed by atoms with Crippen molar-refractivity contribution in [1.82, 2.24) is 0 Å². The maximum Gasteiger partial charge on any atom is 0.162 e. The Labute approximate surface area is 103 Å². The Morgan fingerprint density at radius 2 is 1.94 bits per heavy atom. The maximum atomic E-state index is 11.4. The summed E-state index contributed by atoms with van der Waals surface area (Å²) >= 11 is 0. The van der Waals surface area contributed by atoms with Gasteiger partial charge in [-0.1, -0.05) is 6.92 Å². The molecule has 0 saturated carbocycles.